The minimum atomic E-state index is -0.514. The molecule has 0 amide bonds. The third-order valence-corrected chi connectivity index (χ3v) is 7.62. The van der Waals surface area contributed by atoms with Crippen molar-refractivity contribution in [2.24, 2.45) is 18.2 Å². The van der Waals surface area contributed by atoms with Crippen LogP contribution in [0.25, 0.3) is 5.76 Å². The van der Waals surface area contributed by atoms with Crippen LogP contribution in [-0.2, 0) is 11.2 Å². The van der Waals surface area contributed by atoms with Crippen molar-refractivity contribution in [3.05, 3.63) is 46.9 Å². The Labute approximate surface area is 190 Å². The van der Waals surface area contributed by atoms with Crippen molar-refractivity contribution in [3.63, 3.8) is 0 Å². The second-order valence-electron chi connectivity index (χ2n) is 8.48. The Balaban J connectivity index is 1.25. The summed E-state index contributed by atoms with van der Waals surface area (Å²) in [5.41, 5.74) is 7.14. The number of thioether (sulfide) groups is 1. The normalized spacial score (nSPS) is 24.0. The molecule has 1 saturated heterocycles. The smallest absolute Gasteiger partial charge is 0.202 e. The number of benzene rings is 1. The van der Waals surface area contributed by atoms with Gasteiger partial charge in [-0.2, -0.15) is 0 Å². The van der Waals surface area contributed by atoms with E-state index in [1.807, 2.05) is 11.6 Å². The molecule has 1 aliphatic heterocycles. The molecule has 2 atom stereocenters. The number of allylic oxidation sites excluding steroid dienone is 1. The standard InChI is InChI=1S/C21H27F2N5OS2/c1-13(24)18(29-30)19-25-26-20(27(19)2)31-9-3-7-28-8-6-21(12-28)11-16(21)15-5-4-14(22)10-17(15)23/h4-5,10,16,30H,3,6-9,11-12,24H2,1-2H3/b18-13-/t16-,21+/m1/s1. The van der Waals surface area contributed by atoms with Gasteiger partial charge in [0.2, 0.25) is 5.82 Å². The summed E-state index contributed by atoms with van der Waals surface area (Å²) in [6.45, 7) is 4.73. The summed E-state index contributed by atoms with van der Waals surface area (Å²) < 4.78 is 34.2. The first-order chi connectivity index (χ1) is 14.8. The van der Waals surface area contributed by atoms with Gasteiger partial charge in [0, 0.05) is 38.3 Å². The van der Waals surface area contributed by atoms with Crippen LogP contribution in [-0.4, -0.2) is 45.1 Å². The fourth-order valence-corrected chi connectivity index (χ4v) is 5.64. The quantitative estimate of drug-likeness (QED) is 0.201. The Morgan fingerprint density at radius 1 is 1.39 bits per heavy atom. The summed E-state index contributed by atoms with van der Waals surface area (Å²) in [6.07, 6.45) is 3.08. The van der Waals surface area contributed by atoms with E-state index in [0.717, 1.165) is 55.9 Å². The zero-order valence-electron chi connectivity index (χ0n) is 17.6. The molecule has 0 radical (unpaired) electrons. The number of likely N-dealkylation sites (tertiary alicyclic amines) is 1. The molecule has 31 heavy (non-hydrogen) atoms. The van der Waals surface area contributed by atoms with E-state index in [0.29, 0.717) is 22.8 Å². The third kappa shape index (κ3) is 4.56. The highest BCUT2D eigenvalue weighted by atomic mass is 32.2. The number of nitrogens with two attached hydrogens (primary N) is 1. The molecule has 1 aliphatic carbocycles. The van der Waals surface area contributed by atoms with Gasteiger partial charge in [-0.3, -0.25) is 0 Å². The second-order valence-corrected chi connectivity index (χ2v) is 9.73. The molecule has 2 aliphatic rings. The summed E-state index contributed by atoms with van der Waals surface area (Å²) in [6, 6.07) is 3.98. The molecule has 1 aromatic heterocycles. The van der Waals surface area contributed by atoms with Gasteiger partial charge >= 0.3 is 0 Å². The lowest BCUT2D eigenvalue weighted by Gasteiger charge is -2.16. The van der Waals surface area contributed by atoms with Crippen molar-refractivity contribution < 1.29 is 13.0 Å². The van der Waals surface area contributed by atoms with Gasteiger partial charge in [0.15, 0.2) is 10.9 Å². The first kappa shape index (κ1) is 22.4. The van der Waals surface area contributed by atoms with E-state index in [9.17, 15) is 8.78 Å². The summed E-state index contributed by atoms with van der Waals surface area (Å²) in [4.78, 5) is 2.46. The molecule has 0 bridgehead atoms. The van der Waals surface area contributed by atoms with Gasteiger partial charge in [0.05, 0.1) is 5.70 Å². The van der Waals surface area contributed by atoms with Gasteiger partial charge in [0.1, 0.15) is 11.6 Å². The van der Waals surface area contributed by atoms with Crippen LogP contribution in [0.5, 0.6) is 0 Å². The third-order valence-electron chi connectivity index (χ3n) is 6.33. The Bertz CT molecular complexity index is 994. The van der Waals surface area contributed by atoms with Crippen molar-refractivity contribution in [3.8, 4) is 0 Å². The maximum atomic E-state index is 14.1. The number of aromatic nitrogens is 3. The SMILES string of the molecule is C/C(N)=C(/OS)c1nnc(SCCCN2CC[C@]3(C[C@@H]3c3ccc(F)cc3F)C2)n1C. The number of nitrogens with zero attached hydrogens (tertiary/aromatic N) is 4. The van der Waals surface area contributed by atoms with E-state index in [-0.39, 0.29) is 11.3 Å². The molecule has 0 unspecified atom stereocenters. The molecule has 168 valence electrons. The van der Waals surface area contributed by atoms with E-state index < -0.39 is 11.6 Å². The van der Waals surface area contributed by atoms with Gasteiger partial charge in [-0.15, -0.1) is 10.2 Å². The molecule has 2 heterocycles. The van der Waals surface area contributed by atoms with Crippen LogP contribution in [0, 0.1) is 17.0 Å². The number of hydrogen-bond acceptors (Lipinski definition) is 7. The molecule has 1 saturated carbocycles. The summed E-state index contributed by atoms with van der Waals surface area (Å²) >= 11 is 5.49. The van der Waals surface area contributed by atoms with Gasteiger partial charge in [-0.1, -0.05) is 17.8 Å². The molecule has 2 N–H and O–H groups in total. The number of rotatable bonds is 8. The molecule has 1 aromatic carbocycles. The van der Waals surface area contributed by atoms with Gasteiger partial charge in [-0.05, 0) is 62.2 Å². The maximum Gasteiger partial charge on any atom is 0.202 e. The fourth-order valence-electron chi connectivity index (χ4n) is 4.58. The highest BCUT2D eigenvalue weighted by Gasteiger charge is 2.58. The Kier molecular flexibility index (Phi) is 6.50. The molecular weight excluding hydrogens is 440 g/mol. The number of hydrogen-bond donors (Lipinski definition) is 2. The van der Waals surface area contributed by atoms with Crippen molar-refractivity contribution in [1.82, 2.24) is 19.7 Å². The lowest BCUT2D eigenvalue weighted by molar-refractivity contribution is 0.319. The molecule has 2 fully saturated rings. The predicted molar refractivity (Wildman–Crippen MR) is 120 cm³/mol. The van der Waals surface area contributed by atoms with E-state index in [2.05, 4.69) is 28.0 Å². The Morgan fingerprint density at radius 2 is 2.19 bits per heavy atom. The minimum Gasteiger partial charge on any atom is -0.423 e. The lowest BCUT2D eigenvalue weighted by atomic mass is 9.98. The van der Waals surface area contributed by atoms with Crippen LogP contribution in [0.2, 0.25) is 0 Å². The largest absolute Gasteiger partial charge is 0.423 e. The summed E-state index contributed by atoms with van der Waals surface area (Å²) in [5.74, 6) is 1.15. The zero-order valence-corrected chi connectivity index (χ0v) is 19.4. The monoisotopic (exact) mass is 467 g/mol. The molecule has 1 spiro atoms. The van der Waals surface area contributed by atoms with Crippen LogP contribution >= 0.6 is 24.7 Å². The van der Waals surface area contributed by atoms with Crippen LogP contribution in [0.4, 0.5) is 8.78 Å². The van der Waals surface area contributed by atoms with Crippen LogP contribution < -0.4 is 5.73 Å². The van der Waals surface area contributed by atoms with E-state index in [4.69, 9.17) is 9.92 Å². The minimum absolute atomic E-state index is 0.167. The highest BCUT2D eigenvalue weighted by Crippen LogP contribution is 2.64. The molecule has 4 rings (SSSR count). The average molecular weight is 468 g/mol. The Hall–Kier alpha value is -1.78. The predicted octanol–water partition coefficient (Wildman–Crippen LogP) is 3.96. The highest BCUT2D eigenvalue weighted by molar-refractivity contribution is 7.99. The lowest BCUT2D eigenvalue weighted by Crippen LogP contribution is -2.23. The molecular formula is C21H27F2N5OS2. The molecule has 2 aromatic rings. The molecule has 6 nitrogen and oxygen atoms in total. The van der Waals surface area contributed by atoms with Crippen molar-refractivity contribution in [2.75, 3.05) is 25.4 Å². The Morgan fingerprint density at radius 3 is 2.90 bits per heavy atom. The number of halogens is 2. The van der Waals surface area contributed by atoms with Gasteiger partial charge in [0.25, 0.3) is 0 Å². The fraction of sp³-hybridized carbons (Fsp3) is 0.524. The summed E-state index contributed by atoms with van der Waals surface area (Å²) in [7, 11) is 1.87. The van der Waals surface area contributed by atoms with Gasteiger partial charge in [-0.25, -0.2) is 8.78 Å². The van der Waals surface area contributed by atoms with E-state index >= 15 is 0 Å². The first-order valence-corrected chi connectivity index (χ1v) is 11.7. The van der Waals surface area contributed by atoms with Crippen LogP contribution in [0.1, 0.15) is 43.5 Å². The van der Waals surface area contributed by atoms with Crippen molar-refractivity contribution in [1.29, 1.82) is 0 Å². The molecule has 10 heteroatoms. The van der Waals surface area contributed by atoms with Crippen molar-refractivity contribution in [2.45, 2.75) is 37.3 Å². The summed E-state index contributed by atoms with van der Waals surface area (Å²) in [5, 5.41) is 9.18. The van der Waals surface area contributed by atoms with Crippen LogP contribution in [0.15, 0.2) is 29.1 Å². The first-order valence-electron chi connectivity index (χ1n) is 10.3. The number of thiol groups is 1. The maximum absolute atomic E-state index is 14.1. The van der Waals surface area contributed by atoms with Crippen molar-refractivity contribution >= 4 is 30.4 Å². The van der Waals surface area contributed by atoms with E-state index in [1.165, 1.54) is 6.07 Å². The second kappa shape index (κ2) is 8.99. The zero-order chi connectivity index (χ0) is 22.2. The van der Waals surface area contributed by atoms with Gasteiger partial charge < -0.3 is 19.4 Å². The van der Waals surface area contributed by atoms with E-state index in [1.54, 1.807) is 24.8 Å². The average Bonchev–Trinajstić information content (AvgIpc) is 3.05. The topological polar surface area (TPSA) is 69.2 Å². The van der Waals surface area contributed by atoms with Crippen LogP contribution in [0.3, 0.4) is 0 Å².